The van der Waals surface area contributed by atoms with E-state index in [0.717, 1.165) is 24.3 Å². The molecule has 0 unspecified atom stereocenters. The lowest BCUT2D eigenvalue weighted by molar-refractivity contribution is -0.137. The van der Waals surface area contributed by atoms with Crippen molar-refractivity contribution in [3.8, 4) is 0 Å². The zero-order valence-electron chi connectivity index (χ0n) is 15.2. The van der Waals surface area contributed by atoms with Crippen molar-refractivity contribution in [3.63, 3.8) is 0 Å². The van der Waals surface area contributed by atoms with E-state index >= 15 is 0 Å². The molecule has 0 atom stereocenters. The van der Waals surface area contributed by atoms with Crippen LogP contribution in [0, 0.1) is 13.8 Å². The number of nitrogens with zero attached hydrogens (tertiary/aromatic N) is 3. The van der Waals surface area contributed by atoms with Gasteiger partial charge in [0.05, 0.1) is 40.7 Å². The van der Waals surface area contributed by atoms with Gasteiger partial charge in [-0.25, -0.2) is 18.4 Å². The van der Waals surface area contributed by atoms with E-state index < -0.39 is 21.8 Å². The molecule has 28 heavy (non-hydrogen) atoms. The van der Waals surface area contributed by atoms with Gasteiger partial charge in [0.1, 0.15) is 0 Å². The lowest BCUT2D eigenvalue weighted by atomic mass is 10.2. The lowest BCUT2D eigenvalue weighted by Crippen LogP contribution is -2.37. The molecule has 0 bridgehead atoms. The average Bonchev–Trinajstić information content (AvgIpc) is 2.65. The van der Waals surface area contributed by atoms with Gasteiger partial charge in [0.2, 0.25) is 5.95 Å². The third-order valence-corrected chi connectivity index (χ3v) is 5.65. The van der Waals surface area contributed by atoms with Crippen molar-refractivity contribution < 1.29 is 26.3 Å². The molecule has 1 fully saturated rings. The number of morpholine rings is 1. The summed E-state index contributed by atoms with van der Waals surface area (Å²) in [5.41, 5.74) is 0.128. The zero-order chi connectivity index (χ0) is 20.5. The second kappa shape index (κ2) is 7.55. The summed E-state index contributed by atoms with van der Waals surface area (Å²) >= 11 is 0. The minimum atomic E-state index is -4.54. The molecule has 1 aromatic carbocycles. The van der Waals surface area contributed by atoms with Crippen LogP contribution >= 0.6 is 0 Å². The molecule has 1 aliphatic rings. The van der Waals surface area contributed by atoms with Crippen LogP contribution in [0.5, 0.6) is 0 Å². The molecule has 0 spiro atoms. The van der Waals surface area contributed by atoms with Crippen molar-refractivity contribution >= 4 is 21.7 Å². The minimum absolute atomic E-state index is 0.205. The summed E-state index contributed by atoms with van der Waals surface area (Å²) in [5, 5.41) is 0. The highest BCUT2D eigenvalue weighted by Gasteiger charge is 2.31. The molecule has 0 aliphatic carbocycles. The summed E-state index contributed by atoms with van der Waals surface area (Å²) in [5.74, 6) is 0.482. The summed E-state index contributed by atoms with van der Waals surface area (Å²) < 4.78 is 70.8. The van der Waals surface area contributed by atoms with Crippen molar-refractivity contribution in [2.75, 3.05) is 35.9 Å². The van der Waals surface area contributed by atoms with Gasteiger partial charge in [-0.2, -0.15) is 13.2 Å². The van der Waals surface area contributed by atoms with Crippen LogP contribution in [0.2, 0.25) is 0 Å². The first-order valence-electron chi connectivity index (χ1n) is 8.46. The van der Waals surface area contributed by atoms with Gasteiger partial charge >= 0.3 is 6.18 Å². The molecule has 0 radical (unpaired) electrons. The standard InChI is InChI=1S/C17H19F3N4O3S/c1-11-15(12(2)22-16(21-11)24-7-9-27-10-8-24)23-28(25,26)14-5-3-13(4-6-14)17(18,19)20/h3-6,23H,7-10H2,1-2H3. The summed E-state index contributed by atoms with van der Waals surface area (Å²) in [7, 11) is -4.09. The molecule has 1 saturated heterocycles. The molecular formula is C17H19F3N4O3S. The highest BCUT2D eigenvalue weighted by molar-refractivity contribution is 7.92. The fourth-order valence-corrected chi connectivity index (χ4v) is 3.94. The number of sulfonamides is 1. The van der Waals surface area contributed by atoms with E-state index in [4.69, 9.17) is 4.74 Å². The molecule has 152 valence electrons. The smallest absolute Gasteiger partial charge is 0.378 e. The van der Waals surface area contributed by atoms with Gasteiger partial charge < -0.3 is 9.64 Å². The monoisotopic (exact) mass is 416 g/mol. The molecular weight excluding hydrogens is 397 g/mol. The third kappa shape index (κ3) is 4.36. The molecule has 3 rings (SSSR count). The van der Waals surface area contributed by atoms with E-state index in [1.165, 1.54) is 0 Å². The molecule has 0 amide bonds. The lowest BCUT2D eigenvalue weighted by Gasteiger charge is -2.27. The number of hydrogen-bond donors (Lipinski definition) is 1. The van der Waals surface area contributed by atoms with Crippen LogP contribution < -0.4 is 9.62 Å². The predicted molar refractivity (Wildman–Crippen MR) is 96.8 cm³/mol. The van der Waals surface area contributed by atoms with Crippen LogP contribution in [0.4, 0.5) is 24.8 Å². The average molecular weight is 416 g/mol. The van der Waals surface area contributed by atoms with Crippen LogP contribution in [0.1, 0.15) is 17.0 Å². The van der Waals surface area contributed by atoms with Crippen molar-refractivity contribution in [3.05, 3.63) is 41.2 Å². The number of benzene rings is 1. The Morgan fingerprint density at radius 2 is 1.57 bits per heavy atom. The van der Waals surface area contributed by atoms with Gasteiger partial charge in [-0.15, -0.1) is 0 Å². The molecule has 7 nitrogen and oxygen atoms in total. The van der Waals surface area contributed by atoms with E-state index in [2.05, 4.69) is 14.7 Å². The first-order valence-corrected chi connectivity index (χ1v) is 9.94. The third-order valence-electron chi connectivity index (χ3n) is 4.28. The predicted octanol–water partition coefficient (Wildman–Crippen LogP) is 2.75. The van der Waals surface area contributed by atoms with E-state index in [9.17, 15) is 21.6 Å². The molecule has 0 saturated carbocycles. The fraction of sp³-hybridized carbons (Fsp3) is 0.412. The second-order valence-electron chi connectivity index (χ2n) is 6.30. The molecule has 1 aromatic heterocycles. The number of rotatable bonds is 4. The quantitative estimate of drug-likeness (QED) is 0.825. The number of alkyl halides is 3. The second-order valence-corrected chi connectivity index (χ2v) is 7.98. The Hall–Kier alpha value is -2.40. The Bertz CT molecular complexity index is 934. The zero-order valence-corrected chi connectivity index (χ0v) is 16.1. The van der Waals surface area contributed by atoms with Crippen LogP contribution in [-0.2, 0) is 20.9 Å². The number of anilines is 2. The first kappa shape index (κ1) is 20.3. The number of ether oxygens (including phenoxy) is 1. The van der Waals surface area contributed by atoms with E-state index in [-0.39, 0.29) is 10.6 Å². The Morgan fingerprint density at radius 1 is 1.04 bits per heavy atom. The molecule has 1 N–H and O–H groups in total. The van der Waals surface area contributed by atoms with Crippen LogP contribution in [0.3, 0.4) is 0 Å². The molecule has 11 heteroatoms. The Labute approximate surface area is 160 Å². The van der Waals surface area contributed by atoms with E-state index in [1.807, 2.05) is 4.90 Å². The Balaban J connectivity index is 1.85. The Kier molecular flexibility index (Phi) is 5.48. The van der Waals surface area contributed by atoms with E-state index in [0.29, 0.717) is 43.6 Å². The summed E-state index contributed by atoms with van der Waals surface area (Å²) in [4.78, 5) is 10.4. The fourth-order valence-electron chi connectivity index (χ4n) is 2.77. The topological polar surface area (TPSA) is 84.4 Å². The maximum absolute atomic E-state index is 12.7. The van der Waals surface area contributed by atoms with Crippen LogP contribution in [-0.4, -0.2) is 44.7 Å². The number of nitrogens with one attached hydrogen (secondary N) is 1. The van der Waals surface area contributed by atoms with E-state index in [1.54, 1.807) is 13.8 Å². The van der Waals surface area contributed by atoms with Gasteiger partial charge in [0.25, 0.3) is 10.0 Å². The number of aryl methyl sites for hydroxylation is 2. The SMILES string of the molecule is Cc1nc(N2CCOCC2)nc(C)c1NS(=O)(=O)c1ccc(C(F)(F)F)cc1. The molecule has 2 aromatic rings. The van der Waals surface area contributed by atoms with Crippen LogP contribution in [0.15, 0.2) is 29.2 Å². The minimum Gasteiger partial charge on any atom is -0.378 e. The highest BCUT2D eigenvalue weighted by Crippen LogP contribution is 2.30. The van der Waals surface area contributed by atoms with Gasteiger partial charge in [0, 0.05) is 13.1 Å². The maximum atomic E-state index is 12.7. The Morgan fingerprint density at radius 3 is 2.07 bits per heavy atom. The molecule has 2 heterocycles. The maximum Gasteiger partial charge on any atom is 0.416 e. The van der Waals surface area contributed by atoms with Crippen LogP contribution in [0.25, 0.3) is 0 Å². The van der Waals surface area contributed by atoms with Gasteiger partial charge in [-0.1, -0.05) is 0 Å². The number of hydrogen-bond acceptors (Lipinski definition) is 6. The normalized spacial score (nSPS) is 15.5. The first-order chi connectivity index (χ1) is 13.1. The van der Waals surface area contributed by atoms with Crippen molar-refractivity contribution in [1.82, 2.24) is 9.97 Å². The molecule has 1 aliphatic heterocycles. The summed E-state index contributed by atoms with van der Waals surface area (Å²) in [6.45, 7) is 5.67. The number of halogens is 3. The number of aromatic nitrogens is 2. The van der Waals surface area contributed by atoms with Crippen molar-refractivity contribution in [2.24, 2.45) is 0 Å². The highest BCUT2D eigenvalue weighted by atomic mass is 32.2. The van der Waals surface area contributed by atoms with Gasteiger partial charge in [0.15, 0.2) is 0 Å². The summed E-state index contributed by atoms with van der Waals surface area (Å²) in [6, 6.07) is 3.29. The van der Waals surface area contributed by atoms with Crippen molar-refractivity contribution in [2.45, 2.75) is 24.9 Å². The van der Waals surface area contributed by atoms with Gasteiger partial charge in [-0.3, -0.25) is 4.72 Å². The summed E-state index contributed by atoms with van der Waals surface area (Å²) in [6.07, 6.45) is -4.54. The van der Waals surface area contributed by atoms with Gasteiger partial charge in [-0.05, 0) is 38.1 Å². The largest absolute Gasteiger partial charge is 0.416 e. The van der Waals surface area contributed by atoms with Crippen molar-refractivity contribution in [1.29, 1.82) is 0 Å².